The molecular weight excluding hydrogens is 312 g/mol. The van der Waals surface area contributed by atoms with Crippen LogP contribution in [-0.4, -0.2) is 51.0 Å². The van der Waals surface area contributed by atoms with Gasteiger partial charge in [0.25, 0.3) is 0 Å². The SMILES string of the molecule is CNS(=O)(=O)c1ccc(NC(C)CN2CC(C)CC(C)C2)nc1. The topological polar surface area (TPSA) is 74.3 Å². The first-order chi connectivity index (χ1) is 10.8. The lowest BCUT2D eigenvalue weighted by Crippen LogP contribution is -2.43. The van der Waals surface area contributed by atoms with Crippen molar-refractivity contribution in [3.05, 3.63) is 18.3 Å². The minimum Gasteiger partial charge on any atom is -0.366 e. The maximum absolute atomic E-state index is 11.7. The normalized spacial score (nSPS) is 24.3. The van der Waals surface area contributed by atoms with Gasteiger partial charge in [-0.25, -0.2) is 18.1 Å². The molecule has 0 spiro atoms. The van der Waals surface area contributed by atoms with Crippen molar-refractivity contribution in [2.24, 2.45) is 11.8 Å². The van der Waals surface area contributed by atoms with Gasteiger partial charge in [-0.3, -0.25) is 0 Å². The molecule has 23 heavy (non-hydrogen) atoms. The van der Waals surface area contributed by atoms with Crippen LogP contribution < -0.4 is 10.0 Å². The van der Waals surface area contributed by atoms with Gasteiger partial charge in [0.05, 0.1) is 0 Å². The fourth-order valence-corrected chi connectivity index (χ4v) is 4.04. The van der Waals surface area contributed by atoms with E-state index in [2.05, 4.69) is 40.7 Å². The van der Waals surface area contributed by atoms with Crippen molar-refractivity contribution in [1.82, 2.24) is 14.6 Å². The molecule has 1 aromatic rings. The highest BCUT2D eigenvalue weighted by atomic mass is 32.2. The Hall–Kier alpha value is -1.18. The van der Waals surface area contributed by atoms with Gasteiger partial charge in [0, 0.05) is 31.9 Å². The zero-order chi connectivity index (χ0) is 17.0. The van der Waals surface area contributed by atoms with E-state index in [0.717, 1.165) is 31.5 Å². The van der Waals surface area contributed by atoms with Crippen molar-refractivity contribution in [1.29, 1.82) is 0 Å². The summed E-state index contributed by atoms with van der Waals surface area (Å²) in [7, 11) is -2.03. The zero-order valence-electron chi connectivity index (χ0n) is 14.4. The minimum atomic E-state index is -3.43. The molecule has 7 heteroatoms. The van der Waals surface area contributed by atoms with Crippen molar-refractivity contribution < 1.29 is 8.42 Å². The molecular formula is C16H28N4O2S. The van der Waals surface area contributed by atoms with E-state index in [4.69, 9.17) is 0 Å². The molecule has 0 aromatic carbocycles. The second-order valence-electron chi connectivity index (χ2n) is 6.80. The second kappa shape index (κ2) is 7.59. The molecule has 2 N–H and O–H groups in total. The molecule has 0 radical (unpaired) electrons. The van der Waals surface area contributed by atoms with Crippen LogP contribution in [0.3, 0.4) is 0 Å². The van der Waals surface area contributed by atoms with E-state index >= 15 is 0 Å². The molecule has 0 amide bonds. The Morgan fingerprint density at radius 1 is 1.30 bits per heavy atom. The molecule has 1 fully saturated rings. The summed E-state index contributed by atoms with van der Waals surface area (Å²) in [6.07, 6.45) is 2.69. The third-order valence-electron chi connectivity index (χ3n) is 4.19. The van der Waals surface area contributed by atoms with Gasteiger partial charge < -0.3 is 10.2 Å². The molecule has 130 valence electrons. The first-order valence-corrected chi connectivity index (χ1v) is 9.67. The van der Waals surface area contributed by atoms with Gasteiger partial charge >= 0.3 is 0 Å². The van der Waals surface area contributed by atoms with Crippen LogP contribution in [0.2, 0.25) is 0 Å². The number of sulfonamides is 1. The van der Waals surface area contributed by atoms with Crippen molar-refractivity contribution in [2.45, 2.75) is 38.1 Å². The van der Waals surface area contributed by atoms with Gasteiger partial charge in [-0.15, -0.1) is 0 Å². The van der Waals surface area contributed by atoms with Crippen molar-refractivity contribution in [3.8, 4) is 0 Å². The summed E-state index contributed by atoms with van der Waals surface area (Å²) in [5, 5.41) is 3.35. The maximum atomic E-state index is 11.7. The van der Waals surface area contributed by atoms with E-state index in [0.29, 0.717) is 5.82 Å². The van der Waals surface area contributed by atoms with Crippen LogP contribution in [0, 0.1) is 11.8 Å². The van der Waals surface area contributed by atoms with E-state index in [1.54, 1.807) is 12.1 Å². The largest absolute Gasteiger partial charge is 0.366 e. The Morgan fingerprint density at radius 2 is 1.96 bits per heavy atom. The number of anilines is 1. The third kappa shape index (κ3) is 5.16. The summed E-state index contributed by atoms with van der Waals surface area (Å²) >= 11 is 0. The molecule has 2 rings (SSSR count). The number of nitrogens with one attached hydrogen (secondary N) is 2. The molecule has 3 atom stereocenters. The molecule has 0 bridgehead atoms. The molecule has 1 aromatic heterocycles. The van der Waals surface area contributed by atoms with Crippen LogP contribution >= 0.6 is 0 Å². The summed E-state index contributed by atoms with van der Waals surface area (Å²) in [5.41, 5.74) is 0. The average Bonchev–Trinajstić information content (AvgIpc) is 2.46. The van der Waals surface area contributed by atoms with Gasteiger partial charge in [0.1, 0.15) is 10.7 Å². The molecule has 6 nitrogen and oxygen atoms in total. The van der Waals surface area contributed by atoms with Crippen LogP contribution in [0.4, 0.5) is 5.82 Å². The molecule has 1 aliphatic heterocycles. The van der Waals surface area contributed by atoms with E-state index in [-0.39, 0.29) is 10.9 Å². The highest BCUT2D eigenvalue weighted by Gasteiger charge is 2.22. The van der Waals surface area contributed by atoms with Crippen LogP contribution in [-0.2, 0) is 10.0 Å². The lowest BCUT2D eigenvalue weighted by atomic mass is 9.92. The fraction of sp³-hybridized carbons (Fsp3) is 0.688. The number of nitrogens with zero attached hydrogens (tertiary/aromatic N) is 2. The van der Waals surface area contributed by atoms with E-state index in [9.17, 15) is 8.42 Å². The van der Waals surface area contributed by atoms with Crippen LogP contribution in [0.25, 0.3) is 0 Å². The third-order valence-corrected chi connectivity index (χ3v) is 5.59. The smallest absolute Gasteiger partial charge is 0.241 e. The predicted octanol–water partition coefficient (Wildman–Crippen LogP) is 1.77. The summed E-state index contributed by atoms with van der Waals surface area (Å²) in [6.45, 7) is 10.00. The van der Waals surface area contributed by atoms with E-state index < -0.39 is 10.0 Å². The summed E-state index contributed by atoms with van der Waals surface area (Å²) in [5.74, 6) is 2.19. The average molecular weight is 340 g/mol. The molecule has 3 unspecified atom stereocenters. The second-order valence-corrected chi connectivity index (χ2v) is 8.68. The predicted molar refractivity (Wildman–Crippen MR) is 93.0 cm³/mol. The summed E-state index contributed by atoms with van der Waals surface area (Å²) < 4.78 is 25.6. The van der Waals surface area contributed by atoms with Crippen LogP contribution in [0.5, 0.6) is 0 Å². The summed E-state index contributed by atoms with van der Waals surface area (Å²) in [6, 6.07) is 3.54. The standard InChI is InChI=1S/C16H28N4O2S/c1-12-7-13(2)10-20(9-12)11-14(3)19-16-6-5-15(8-18-16)23(21,22)17-4/h5-6,8,12-14,17H,7,9-11H2,1-4H3,(H,18,19). The molecule has 0 saturated carbocycles. The quantitative estimate of drug-likeness (QED) is 0.825. The Labute approximate surface area is 139 Å². The minimum absolute atomic E-state index is 0.178. The molecule has 1 saturated heterocycles. The lowest BCUT2D eigenvalue weighted by Gasteiger charge is -2.36. The molecule has 2 heterocycles. The van der Waals surface area contributed by atoms with E-state index in [1.165, 1.54) is 19.7 Å². The number of hydrogen-bond acceptors (Lipinski definition) is 5. The van der Waals surface area contributed by atoms with Gasteiger partial charge in [0.15, 0.2) is 0 Å². The lowest BCUT2D eigenvalue weighted by molar-refractivity contribution is 0.138. The number of likely N-dealkylation sites (tertiary alicyclic amines) is 1. The van der Waals surface area contributed by atoms with E-state index in [1.807, 2.05) is 0 Å². The Bertz CT molecular complexity index is 593. The zero-order valence-corrected chi connectivity index (χ0v) is 15.2. The number of hydrogen-bond donors (Lipinski definition) is 2. The highest BCUT2D eigenvalue weighted by Crippen LogP contribution is 2.21. The van der Waals surface area contributed by atoms with Gasteiger partial charge in [-0.1, -0.05) is 13.8 Å². The van der Waals surface area contributed by atoms with Gasteiger partial charge in [-0.2, -0.15) is 0 Å². The first-order valence-electron chi connectivity index (χ1n) is 8.18. The molecule has 0 aliphatic carbocycles. The van der Waals surface area contributed by atoms with Gasteiger partial charge in [-0.05, 0) is 44.4 Å². The number of aromatic nitrogens is 1. The van der Waals surface area contributed by atoms with Crippen molar-refractivity contribution >= 4 is 15.8 Å². The Morgan fingerprint density at radius 3 is 2.48 bits per heavy atom. The van der Waals surface area contributed by atoms with Crippen molar-refractivity contribution in [2.75, 3.05) is 32.0 Å². The van der Waals surface area contributed by atoms with Crippen molar-refractivity contribution in [3.63, 3.8) is 0 Å². The molecule has 1 aliphatic rings. The fourth-order valence-electron chi connectivity index (χ4n) is 3.37. The van der Waals surface area contributed by atoms with Gasteiger partial charge in [0.2, 0.25) is 10.0 Å². The summed E-state index contributed by atoms with van der Waals surface area (Å²) in [4.78, 5) is 6.88. The number of piperidine rings is 1. The number of pyridine rings is 1. The maximum Gasteiger partial charge on any atom is 0.241 e. The van der Waals surface area contributed by atoms with Crippen LogP contribution in [0.15, 0.2) is 23.2 Å². The monoisotopic (exact) mass is 340 g/mol. The van der Waals surface area contributed by atoms with Crippen LogP contribution in [0.1, 0.15) is 27.2 Å². The Kier molecular flexibility index (Phi) is 6.00. The Balaban J connectivity index is 1.91. The first kappa shape index (κ1) is 18.2. The highest BCUT2D eigenvalue weighted by molar-refractivity contribution is 7.89. The number of rotatable bonds is 6.